The summed E-state index contributed by atoms with van der Waals surface area (Å²) in [5.41, 5.74) is 1.52. The van der Waals surface area contributed by atoms with Crippen molar-refractivity contribution in [2.45, 2.75) is 24.6 Å². The number of nitro groups is 1. The lowest BCUT2D eigenvalue weighted by Crippen LogP contribution is -2.31. The number of nitrogens with zero attached hydrogens (tertiary/aromatic N) is 1. The van der Waals surface area contributed by atoms with Crippen LogP contribution in [0.5, 0.6) is 0 Å². The highest BCUT2D eigenvalue weighted by atomic mass is 32.2. The normalized spacial score (nSPS) is 16.0. The number of thioether (sulfide) groups is 1. The lowest BCUT2D eigenvalue weighted by atomic mass is 10.1. The van der Waals surface area contributed by atoms with E-state index in [1.165, 1.54) is 17.8 Å². The van der Waals surface area contributed by atoms with Crippen LogP contribution < -0.4 is 10.6 Å². The maximum atomic E-state index is 11.4. The van der Waals surface area contributed by atoms with Crippen LogP contribution in [-0.2, 0) is 11.2 Å². The van der Waals surface area contributed by atoms with Crippen LogP contribution in [0.3, 0.4) is 0 Å². The van der Waals surface area contributed by atoms with E-state index in [4.69, 9.17) is 0 Å². The fourth-order valence-corrected chi connectivity index (χ4v) is 2.93. The Morgan fingerprint density at radius 3 is 2.86 bits per heavy atom. The van der Waals surface area contributed by atoms with Gasteiger partial charge in [-0.1, -0.05) is 0 Å². The number of nitrogens with one attached hydrogen (secondary N) is 2. The van der Waals surface area contributed by atoms with Crippen molar-refractivity contribution in [1.29, 1.82) is 0 Å². The average molecular weight is 311 g/mol. The molecule has 0 bridgehead atoms. The number of fused-ring (bicyclic) bond motifs is 1. The van der Waals surface area contributed by atoms with Crippen LogP contribution in [0.25, 0.3) is 0 Å². The number of hydrogen-bond acceptors (Lipinski definition) is 6. The van der Waals surface area contributed by atoms with Crippen molar-refractivity contribution in [2.24, 2.45) is 0 Å². The van der Waals surface area contributed by atoms with Crippen LogP contribution >= 0.6 is 11.8 Å². The van der Waals surface area contributed by atoms with Gasteiger partial charge in [-0.25, -0.2) is 0 Å². The van der Waals surface area contributed by atoms with Crippen LogP contribution in [-0.4, -0.2) is 40.1 Å². The van der Waals surface area contributed by atoms with E-state index >= 15 is 0 Å². The molecule has 8 heteroatoms. The first-order valence-corrected chi connectivity index (χ1v) is 7.76. The minimum Gasteiger partial charge on any atom is -0.395 e. The smallest absolute Gasteiger partial charge is 0.292 e. The first-order chi connectivity index (χ1) is 9.96. The largest absolute Gasteiger partial charge is 0.395 e. The minimum atomic E-state index is -0.467. The fraction of sp³-hybridized carbons (Fsp3) is 0.462. The minimum absolute atomic E-state index is 0.0230. The molecule has 0 spiro atoms. The molecule has 21 heavy (non-hydrogen) atoms. The molecule has 1 aromatic rings. The number of aliphatic hydroxyl groups excluding tert-OH is 1. The van der Waals surface area contributed by atoms with Crippen molar-refractivity contribution in [3.05, 3.63) is 27.8 Å². The number of carbonyl (C=O) groups excluding carboxylic acids is 1. The number of benzene rings is 1. The molecule has 0 saturated carbocycles. The quantitative estimate of drug-likeness (QED) is 0.544. The van der Waals surface area contributed by atoms with Crippen LogP contribution in [0, 0.1) is 10.1 Å². The Hall–Kier alpha value is -1.80. The summed E-state index contributed by atoms with van der Waals surface area (Å²) >= 11 is 1.49. The maximum Gasteiger partial charge on any atom is 0.292 e. The molecular formula is C13H17N3O4S. The number of anilines is 2. The van der Waals surface area contributed by atoms with Crippen molar-refractivity contribution in [2.75, 3.05) is 23.5 Å². The zero-order valence-electron chi connectivity index (χ0n) is 11.8. The summed E-state index contributed by atoms with van der Waals surface area (Å²) in [6.07, 6.45) is 2.03. The second-order valence-corrected chi connectivity index (χ2v) is 5.98. The lowest BCUT2D eigenvalue weighted by Gasteiger charge is -2.22. The topological polar surface area (TPSA) is 104 Å². The van der Waals surface area contributed by atoms with Gasteiger partial charge in [-0.15, -0.1) is 0 Å². The Labute approximate surface area is 126 Å². The molecule has 2 unspecified atom stereocenters. The first-order valence-electron chi connectivity index (χ1n) is 6.47. The van der Waals surface area contributed by atoms with Gasteiger partial charge in [0.2, 0.25) is 5.91 Å². The zero-order chi connectivity index (χ0) is 15.6. The molecule has 0 aliphatic carbocycles. The summed E-state index contributed by atoms with van der Waals surface area (Å²) < 4.78 is 0. The first kappa shape index (κ1) is 15.6. The second kappa shape index (κ2) is 6.31. The molecule has 0 aromatic heterocycles. The van der Waals surface area contributed by atoms with E-state index in [9.17, 15) is 20.0 Å². The number of hydrogen-bond donors (Lipinski definition) is 3. The maximum absolute atomic E-state index is 11.4. The number of nitro benzene ring substituents is 1. The van der Waals surface area contributed by atoms with Gasteiger partial charge >= 0.3 is 0 Å². The molecule has 1 aliphatic heterocycles. The van der Waals surface area contributed by atoms with E-state index in [0.29, 0.717) is 16.9 Å². The van der Waals surface area contributed by atoms with E-state index in [1.807, 2.05) is 13.2 Å². The van der Waals surface area contributed by atoms with E-state index in [1.54, 1.807) is 6.07 Å². The standard InChI is InChI=1S/C13H17N3O4S/c1-7(12(6-17)21-2)14-10-5-9-8(4-13(18)15-9)3-11(10)16(19)20/h3,5,7,12,14,17H,4,6H2,1-2H3,(H,15,18). The monoisotopic (exact) mass is 311 g/mol. The van der Waals surface area contributed by atoms with E-state index < -0.39 is 4.92 Å². The molecule has 1 aromatic carbocycles. The number of rotatable bonds is 6. The third-order valence-corrected chi connectivity index (χ3v) is 4.63. The summed E-state index contributed by atoms with van der Waals surface area (Å²) in [4.78, 5) is 22.1. The van der Waals surface area contributed by atoms with Gasteiger partial charge in [0.1, 0.15) is 5.69 Å². The van der Waals surface area contributed by atoms with E-state index in [-0.39, 0.29) is 35.9 Å². The second-order valence-electron chi connectivity index (χ2n) is 4.90. The molecule has 0 saturated heterocycles. The van der Waals surface area contributed by atoms with Gasteiger partial charge in [0.15, 0.2) is 0 Å². The summed E-state index contributed by atoms with van der Waals surface area (Å²) in [6, 6.07) is 2.86. The Balaban J connectivity index is 2.32. The zero-order valence-corrected chi connectivity index (χ0v) is 12.6. The van der Waals surface area contributed by atoms with Crippen LogP contribution in [0.1, 0.15) is 12.5 Å². The Bertz CT molecular complexity index is 575. The molecule has 1 amide bonds. The van der Waals surface area contributed by atoms with Crippen LogP contribution in [0.2, 0.25) is 0 Å². The summed E-state index contributed by atoms with van der Waals surface area (Å²) in [5.74, 6) is -0.165. The van der Waals surface area contributed by atoms with Crippen molar-refractivity contribution < 1.29 is 14.8 Å². The molecule has 1 aliphatic rings. The molecule has 7 nitrogen and oxygen atoms in total. The lowest BCUT2D eigenvalue weighted by molar-refractivity contribution is -0.384. The van der Waals surface area contributed by atoms with Crippen molar-refractivity contribution >= 4 is 34.7 Å². The van der Waals surface area contributed by atoms with Gasteiger partial charge in [0, 0.05) is 23.0 Å². The Morgan fingerprint density at radius 2 is 2.29 bits per heavy atom. The SMILES string of the molecule is CSC(CO)C(C)Nc1cc2c(cc1[N+](=O)[O-])CC(=O)N2. The van der Waals surface area contributed by atoms with Crippen molar-refractivity contribution in [1.82, 2.24) is 0 Å². The summed E-state index contributed by atoms with van der Waals surface area (Å²) in [6.45, 7) is 1.83. The molecule has 0 fully saturated rings. The highest BCUT2D eigenvalue weighted by Crippen LogP contribution is 2.35. The number of aliphatic hydroxyl groups is 1. The fourth-order valence-electron chi connectivity index (χ4n) is 2.30. The molecule has 2 rings (SSSR count). The van der Waals surface area contributed by atoms with Crippen molar-refractivity contribution in [3.63, 3.8) is 0 Å². The third-order valence-electron chi connectivity index (χ3n) is 3.47. The molecule has 114 valence electrons. The highest BCUT2D eigenvalue weighted by molar-refractivity contribution is 7.99. The third kappa shape index (κ3) is 3.27. The predicted octanol–water partition coefficient (Wildman–Crippen LogP) is 1.61. The molecule has 1 heterocycles. The number of amides is 1. The van der Waals surface area contributed by atoms with Crippen LogP contribution in [0.4, 0.5) is 17.1 Å². The Kier molecular flexibility index (Phi) is 4.69. The average Bonchev–Trinajstić information content (AvgIpc) is 2.78. The van der Waals surface area contributed by atoms with Crippen molar-refractivity contribution in [3.8, 4) is 0 Å². The summed E-state index contributed by atoms with van der Waals surface area (Å²) in [5, 5.41) is 26.2. The predicted molar refractivity (Wildman–Crippen MR) is 82.9 cm³/mol. The van der Waals surface area contributed by atoms with Crippen LogP contribution in [0.15, 0.2) is 12.1 Å². The van der Waals surface area contributed by atoms with Gasteiger partial charge in [-0.3, -0.25) is 14.9 Å². The van der Waals surface area contributed by atoms with E-state index in [2.05, 4.69) is 10.6 Å². The molecule has 2 atom stereocenters. The molecular weight excluding hydrogens is 294 g/mol. The van der Waals surface area contributed by atoms with Gasteiger partial charge in [-0.2, -0.15) is 11.8 Å². The molecule has 0 radical (unpaired) electrons. The van der Waals surface area contributed by atoms with E-state index in [0.717, 1.165) is 0 Å². The van der Waals surface area contributed by atoms with Gasteiger partial charge < -0.3 is 15.7 Å². The number of carbonyl (C=O) groups is 1. The highest BCUT2D eigenvalue weighted by Gasteiger charge is 2.26. The molecule has 3 N–H and O–H groups in total. The summed E-state index contributed by atoms with van der Waals surface area (Å²) in [7, 11) is 0. The Morgan fingerprint density at radius 1 is 1.57 bits per heavy atom. The van der Waals surface area contributed by atoms with Gasteiger partial charge in [-0.05, 0) is 24.8 Å². The van der Waals surface area contributed by atoms with Gasteiger partial charge in [0.25, 0.3) is 5.69 Å². The van der Waals surface area contributed by atoms with Gasteiger partial charge in [0.05, 0.1) is 18.0 Å².